The molecule has 0 bridgehead atoms. The predicted molar refractivity (Wildman–Crippen MR) is 104 cm³/mol. The zero-order valence-corrected chi connectivity index (χ0v) is 15.8. The number of halogens is 1. The minimum Gasteiger partial charge on any atom is -0.486 e. The number of aryl methyl sites for hydroxylation is 2. The van der Waals surface area contributed by atoms with Gasteiger partial charge in [-0.2, -0.15) is 0 Å². The standard InChI is InChI=1S/C18H17ClN4O2S/c1-11-3-8-15(9-12(11)2)25-10-16-22-23-18(26-16)21-17(24)20-14-6-4-13(19)5-7-14/h3-9H,10H2,1-2H3,(H2,20,21,23,24). The predicted octanol–water partition coefficient (Wildman–Crippen LogP) is 5.03. The topological polar surface area (TPSA) is 76.1 Å². The molecule has 26 heavy (non-hydrogen) atoms. The number of benzene rings is 2. The third-order valence-corrected chi connectivity index (χ3v) is 4.69. The zero-order chi connectivity index (χ0) is 18.5. The molecule has 2 N–H and O–H groups in total. The molecule has 0 saturated carbocycles. The van der Waals surface area contributed by atoms with Crippen molar-refractivity contribution in [2.24, 2.45) is 0 Å². The molecular weight excluding hydrogens is 372 g/mol. The fraction of sp³-hybridized carbons (Fsp3) is 0.167. The number of nitrogens with zero attached hydrogens (tertiary/aromatic N) is 2. The first-order valence-electron chi connectivity index (χ1n) is 7.85. The monoisotopic (exact) mass is 388 g/mol. The van der Waals surface area contributed by atoms with Gasteiger partial charge in [0.05, 0.1) is 0 Å². The van der Waals surface area contributed by atoms with E-state index in [1.165, 1.54) is 22.5 Å². The van der Waals surface area contributed by atoms with E-state index in [0.29, 0.717) is 27.5 Å². The Morgan fingerprint density at radius 2 is 1.85 bits per heavy atom. The van der Waals surface area contributed by atoms with Crippen LogP contribution in [0.3, 0.4) is 0 Å². The molecule has 2 aromatic carbocycles. The second kappa shape index (κ2) is 8.16. The lowest BCUT2D eigenvalue weighted by atomic mass is 10.1. The van der Waals surface area contributed by atoms with Gasteiger partial charge in [0.1, 0.15) is 12.4 Å². The van der Waals surface area contributed by atoms with E-state index in [4.69, 9.17) is 16.3 Å². The highest BCUT2D eigenvalue weighted by Gasteiger charge is 2.09. The van der Waals surface area contributed by atoms with Crippen LogP contribution in [0.15, 0.2) is 42.5 Å². The highest BCUT2D eigenvalue weighted by atomic mass is 35.5. The molecule has 0 fully saturated rings. The third kappa shape index (κ3) is 4.93. The average molecular weight is 389 g/mol. The van der Waals surface area contributed by atoms with Gasteiger partial charge in [-0.05, 0) is 61.4 Å². The van der Waals surface area contributed by atoms with Crippen LogP contribution in [0.2, 0.25) is 5.02 Å². The van der Waals surface area contributed by atoms with Crippen molar-refractivity contribution in [3.05, 3.63) is 63.6 Å². The quantitative estimate of drug-likeness (QED) is 0.642. The van der Waals surface area contributed by atoms with Gasteiger partial charge in [-0.1, -0.05) is 29.0 Å². The maximum Gasteiger partial charge on any atom is 0.325 e. The van der Waals surface area contributed by atoms with Gasteiger partial charge in [-0.15, -0.1) is 10.2 Å². The number of nitrogens with one attached hydrogen (secondary N) is 2. The van der Waals surface area contributed by atoms with Crippen LogP contribution in [0.25, 0.3) is 0 Å². The van der Waals surface area contributed by atoms with Crippen molar-refractivity contribution in [2.45, 2.75) is 20.5 Å². The Kier molecular flexibility index (Phi) is 5.70. The minimum absolute atomic E-state index is 0.292. The van der Waals surface area contributed by atoms with Gasteiger partial charge in [0, 0.05) is 10.7 Å². The molecule has 0 atom stereocenters. The van der Waals surface area contributed by atoms with Gasteiger partial charge < -0.3 is 10.1 Å². The summed E-state index contributed by atoms with van der Waals surface area (Å²) in [5, 5.41) is 15.0. The van der Waals surface area contributed by atoms with E-state index in [1.54, 1.807) is 24.3 Å². The first-order chi connectivity index (χ1) is 12.5. The SMILES string of the molecule is Cc1ccc(OCc2nnc(NC(=O)Nc3ccc(Cl)cc3)s2)cc1C. The highest BCUT2D eigenvalue weighted by Crippen LogP contribution is 2.21. The van der Waals surface area contributed by atoms with Crippen LogP contribution in [0, 0.1) is 13.8 Å². The van der Waals surface area contributed by atoms with Crippen LogP contribution in [-0.2, 0) is 6.61 Å². The summed E-state index contributed by atoms with van der Waals surface area (Å²) < 4.78 is 5.72. The Labute approximate surface area is 160 Å². The smallest absolute Gasteiger partial charge is 0.325 e. The number of hydrogen-bond acceptors (Lipinski definition) is 5. The number of carbonyl (C=O) groups is 1. The van der Waals surface area contributed by atoms with Gasteiger partial charge in [0.25, 0.3) is 0 Å². The van der Waals surface area contributed by atoms with Crippen molar-refractivity contribution < 1.29 is 9.53 Å². The van der Waals surface area contributed by atoms with E-state index in [9.17, 15) is 4.79 Å². The molecule has 3 aromatic rings. The molecule has 134 valence electrons. The number of amides is 2. The molecule has 2 amide bonds. The van der Waals surface area contributed by atoms with Gasteiger partial charge in [0.2, 0.25) is 5.13 Å². The first-order valence-corrected chi connectivity index (χ1v) is 9.05. The molecule has 1 heterocycles. The van der Waals surface area contributed by atoms with Crippen molar-refractivity contribution in [2.75, 3.05) is 10.6 Å². The minimum atomic E-state index is -0.398. The van der Waals surface area contributed by atoms with Crippen molar-refractivity contribution >= 4 is 39.8 Å². The summed E-state index contributed by atoms with van der Waals surface area (Å²) in [6, 6.07) is 12.3. The first kappa shape index (κ1) is 18.2. The fourth-order valence-electron chi connectivity index (χ4n) is 2.10. The third-order valence-electron chi connectivity index (χ3n) is 3.63. The molecular formula is C18H17ClN4O2S. The molecule has 0 spiro atoms. The van der Waals surface area contributed by atoms with Crippen LogP contribution >= 0.6 is 22.9 Å². The largest absolute Gasteiger partial charge is 0.486 e. The number of anilines is 2. The number of carbonyl (C=O) groups excluding carboxylic acids is 1. The Morgan fingerprint density at radius 1 is 1.08 bits per heavy atom. The lowest BCUT2D eigenvalue weighted by Crippen LogP contribution is -2.19. The summed E-state index contributed by atoms with van der Waals surface area (Å²) in [6.07, 6.45) is 0. The molecule has 3 rings (SSSR count). The summed E-state index contributed by atoms with van der Waals surface area (Å²) >= 11 is 7.07. The van der Waals surface area contributed by atoms with E-state index < -0.39 is 6.03 Å². The lowest BCUT2D eigenvalue weighted by molar-refractivity contribution is 0.262. The number of rotatable bonds is 5. The second-order valence-corrected chi connectivity index (χ2v) is 7.12. The summed E-state index contributed by atoms with van der Waals surface area (Å²) in [5.41, 5.74) is 3.02. The Balaban J connectivity index is 1.53. The van der Waals surface area contributed by atoms with Gasteiger partial charge in [0.15, 0.2) is 5.01 Å². The Bertz CT molecular complexity index is 912. The molecule has 0 radical (unpaired) electrons. The summed E-state index contributed by atoms with van der Waals surface area (Å²) in [6.45, 7) is 4.38. The summed E-state index contributed by atoms with van der Waals surface area (Å²) in [4.78, 5) is 12.0. The number of aromatic nitrogens is 2. The average Bonchev–Trinajstić information content (AvgIpc) is 3.05. The Morgan fingerprint density at radius 3 is 2.58 bits per heavy atom. The zero-order valence-electron chi connectivity index (χ0n) is 14.2. The van der Waals surface area contributed by atoms with Gasteiger partial charge in [-0.25, -0.2) is 4.79 Å². The number of urea groups is 1. The molecule has 0 unspecified atom stereocenters. The number of hydrogen-bond donors (Lipinski definition) is 2. The second-order valence-electron chi connectivity index (χ2n) is 5.62. The Hall–Kier alpha value is -2.64. The van der Waals surface area contributed by atoms with Crippen molar-refractivity contribution in [3.63, 3.8) is 0 Å². The van der Waals surface area contributed by atoms with Crippen molar-refractivity contribution in [1.29, 1.82) is 0 Å². The molecule has 8 heteroatoms. The van der Waals surface area contributed by atoms with Crippen LogP contribution in [0.1, 0.15) is 16.1 Å². The molecule has 1 aromatic heterocycles. The van der Waals surface area contributed by atoms with E-state index in [0.717, 1.165) is 5.75 Å². The van der Waals surface area contributed by atoms with E-state index in [1.807, 2.05) is 25.1 Å². The van der Waals surface area contributed by atoms with Gasteiger partial charge in [-0.3, -0.25) is 5.32 Å². The highest BCUT2D eigenvalue weighted by molar-refractivity contribution is 7.15. The lowest BCUT2D eigenvalue weighted by Gasteiger charge is -2.06. The molecule has 6 nitrogen and oxygen atoms in total. The van der Waals surface area contributed by atoms with Crippen molar-refractivity contribution in [3.8, 4) is 5.75 Å². The maximum absolute atomic E-state index is 12.0. The van der Waals surface area contributed by atoms with Crippen LogP contribution < -0.4 is 15.4 Å². The van der Waals surface area contributed by atoms with Crippen LogP contribution in [0.5, 0.6) is 5.75 Å². The molecule has 0 aliphatic heterocycles. The van der Waals surface area contributed by atoms with E-state index >= 15 is 0 Å². The molecule has 0 aliphatic carbocycles. The van der Waals surface area contributed by atoms with Gasteiger partial charge >= 0.3 is 6.03 Å². The maximum atomic E-state index is 12.0. The van der Waals surface area contributed by atoms with Crippen molar-refractivity contribution in [1.82, 2.24) is 10.2 Å². The number of ether oxygens (including phenoxy) is 1. The normalized spacial score (nSPS) is 10.4. The van der Waals surface area contributed by atoms with E-state index in [-0.39, 0.29) is 0 Å². The van der Waals surface area contributed by atoms with Crippen LogP contribution in [-0.4, -0.2) is 16.2 Å². The summed E-state index contributed by atoms with van der Waals surface area (Å²) in [5.74, 6) is 0.776. The van der Waals surface area contributed by atoms with Crippen LogP contribution in [0.4, 0.5) is 15.6 Å². The summed E-state index contributed by atoms with van der Waals surface area (Å²) in [7, 11) is 0. The fourth-order valence-corrected chi connectivity index (χ4v) is 2.88. The molecule has 0 aliphatic rings. The van der Waals surface area contributed by atoms with E-state index in [2.05, 4.69) is 27.8 Å². The molecule has 0 saturated heterocycles.